The van der Waals surface area contributed by atoms with E-state index in [1.807, 2.05) is 6.08 Å². The lowest BCUT2D eigenvalue weighted by Gasteiger charge is -1.98. The summed E-state index contributed by atoms with van der Waals surface area (Å²) in [5.74, 6) is 0. The van der Waals surface area contributed by atoms with Crippen molar-refractivity contribution >= 4 is 0 Å². The molecule has 0 atom stereocenters. The first-order valence-corrected chi connectivity index (χ1v) is 5.36. The summed E-state index contributed by atoms with van der Waals surface area (Å²) < 4.78 is 0. The maximum Gasteiger partial charge on any atom is -0.0316 e. The molecule has 12 heavy (non-hydrogen) atoms. The molecule has 0 nitrogen and oxygen atoms in total. The van der Waals surface area contributed by atoms with Gasteiger partial charge in [0.2, 0.25) is 0 Å². The van der Waals surface area contributed by atoms with Gasteiger partial charge in [0, 0.05) is 0 Å². The normalized spacial score (nSPS) is 11.2. The zero-order valence-electron chi connectivity index (χ0n) is 8.52. The highest BCUT2D eigenvalue weighted by atomic mass is 13.9. The average Bonchev–Trinajstić information content (AvgIpc) is 2.10. The van der Waals surface area contributed by atoms with Gasteiger partial charge in [-0.3, -0.25) is 0 Å². The lowest BCUT2D eigenvalue weighted by molar-refractivity contribution is 0.592. The molecule has 0 bridgehead atoms. The van der Waals surface area contributed by atoms with Crippen molar-refractivity contribution in [3.63, 3.8) is 0 Å². The third kappa shape index (κ3) is 9.74. The Morgan fingerprint density at radius 1 is 0.917 bits per heavy atom. The second kappa shape index (κ2) is 10.7. The van der Waals surface area contributed by atoms with Crippen molar-refractivity contribution in [3.05, 3.63) is 19.1 Å². The Morgan fingerprint density at radius 3 is 2.08 bits per heavy atom. The molecule has 0 saturated heterocycles. The fourth-order valence-corrected chi connectivity index (χ4v) is 1.34. The fraction of sp³-hybridized carbons (Fsp3) is 0.750. The monoisotopic (exact) mass is 167 g/mol. The van der Waals surface area contributed by atoms with Crippen molar-refractivity contribution in [1.29, 1.82) is 0 Å². The van der Waals surface area contributed by atoms with Crippen LogP contribution in [0.3, 0.4) is 0 Å². The Balaban J connectivity index is 2.81. The molecule has 1 radical (unpaired) electrons. The van der Waals surface area contributed by atoms with Crippen molar-refractivity contribution in [2.75, 3.05) is 0 Å². The van der Waals surface area contributed by atoms with Gasteiger partial charge in [-0.2, -0.15) is 0 Å². The lowest BCUT2D eigenvalue weighted by atomic mass is 10.1. The number of allylic oxidation sites excluding steroid dienone is 2. The number of hydrogen-bond acceptors (Lipinski definition) is 0. The molecule has 0 aliphatic heterocycles. The third-order valence-electron chi connectivity index (χ3n) is 2.14. The molecule has 0 fully saturated rings. The minimum absolute atomic E-state index is 1.22. The van der Waals surface area contributed by atoms with Crippen molar-refractivity contribution in [3.8, 4) is 0 Å². The lowest BCUT2D eigenvalue weighted by Crippen LogP contribution is -1.78. The first kappa shape index (κ1) is 11.7. The van der Waals surface area contributed by atoms with Crippen LogP contribution >= 0.6 is 0 Å². The minimum atomic E-state index is 1.22. The Hall–Kier alpha value is -0.260. The highest BCUT2D eigenvalue weighted by Crippen LogP contribution is 2.08. The summed E-state index contributed by atoms with van der Waals surface area (Å²) in [7, 11) is 0. The Kier molecular flexibility index (Phi) is 10.5. The molecule has 0 heterocycles. The highest BCUT2D eigenvalue weighted by molar-refractivity contribution is 4.83. The van der Waals surface area contributed by atoms with Crippen molar-refractivity contribution < 1.29 is 0 Å². The maximum atomic E-state index is 3.66. The van der Waals surface area contributed by atoms with Crippen LogP contribution in [0.25, 0.3) is 0 Å². The molecule has 0 heteroatoms. The fourth-order valence-electron chi connectivity index (χ4n) is 1.34. The SMILES string of the molecule is [CH2]/C=C\CCCCCCCCC. The van der Waals surface area contributed by atoms with Crippen LogP contribution in [-0.4, -0.2) is 0 Å². The number of rotatable bonds is 8. The van der Waals surface area contributed by atoms with E-state index >= 15 is 0 Å². The van der Waals surface area contributed by atoms with Gasteiger partial charge in [0.25, 0.3) is 0 Å². The van der Waals surface area contributed by atoms with Gasteiger partial charge < -0.3 is 0 Å². The molecule has 0 N–H and O–H groups in total. The summed E-state index contributed by atoms with van der Waals surface area (Å²) in [6.45, 7) is 5.93. The van der Waals surface area contributed by atoms with Crippen LogP contribution < -0.4 is 0 Å². The summed E-state index contributed by atoms with van der Waals surface area (Å²) in [6.07, 6.45) is 15.1. The molecule has 71 valence electrons. The molecular weight excluding hydrogens is 144 g/mol. The van der Waals surface area contributed by atoms with Gasteiger partial charge in [0.1, 0.15) is 0 Å². The van der Waals surface area contributed by atoms with Crippen LogP contribution in [-0.2, 0) is 0 Å². The smallest absolute Gasteiger partial charge is 0.0316 e. The predicted octanol–water partition coefficient (Wildman–Crippen LogP) is 4.52. The zero-order chi connectivity index (χ0) is 9.07. The van der Waals surface area contributed by atoms with Gasteiger partial charge in [-0.05, 0) is 19.8 Å². The summed E-state index contributed by atoms with van der Waals surface area (Å²) in [5.41, 5.74) is 0. The van der Waals surface area contributed by atoms with Gasteiger partial charge in [0.15, 0.2) is 0 Å². The molecule has 0 unspecified atom stereocenters. The van der Waals surface area contributed by atoms with Crippen LogP contribution in [0.15, 0.2) is 12.2 Å². The first-order chi connectivity index (χ1) is 5.91. The highest BCUT2D eigenvalue weighted by Gasteiger charge is 1.88. The molecule has 0 aromatic heterocycles. The molecule has 0 aromatic carbocycles. The van der Waals surface area contributed by atoms with Gasteiger partial charge in [0.05, 0.1) is 0 Å². The molecule has 0 aliphatic rings. The van der Waals surface area contributed by atoms with E-state index in [9.17, 15) is 0 Å². The van der Waals surface area contributed by atoms with E-state index in [0.29, 0.717) is 0 Å². The zero-order valence-corrected chi connectivity index (χ0v) is 8.52. The van der Waals surface area contributed by atoms with E-state index in [4.69, 9.17) is 0 Å². The van der Waals surface area contributed by atoms with Gasteiger partial charge in [-0.25, -0.2) is 0 Å². The van der Waals surface area contributed by atoms with Crippen molar-refractivity contribution in [2.24, 2.45) is 0 Å². The molecule has 0 aromatic rings. The summed E-state index contributed by atoms with van der Waals surface area (Å²) >= 11 is 0. The summed E-state index contributed by atoms with van der Waals surface area (Å²) in [6, 6.07) is 0. The van der Waals surface area contributed by atoms with Crippen LogP contribution in [0.5, 0.6) is 0 Å². The molecular formula is C12H23. The van der Waals surface area contributed by atoms with Gasteiger partial charge >= 0.3 is 0 Å². The maximum absolute atomic E-state index is 3.66. The van der Waals surface area contributed by atoms with E-state index in [-0.39, 0.29) is 0 Å². The predicted molar refractivity (Wildman–Crippen MR) is 57.1 cm³/mol. The molecule has 0 spiro atoms. The Bertz CT molecular complexity index is 92.2. The van der Waals surface area contributed by atoms with Gasteiger partial charge in [-0.15, -0.1) is 0 Å². The van der Waals surface area contributed by atoms with E-state index in [1.54, 1.807) is 0 Å². The van der Waals surface area contributed by atoms with E-state index in [0.717, 1.165) is 0 Å². The summed E-state index contributed by atoms with van der Waals surface area (Å²) in [5, 5.41) is 0. The van der Waals surface area contributed by atoms with Crippen LogP contribution in [0.1, 0.15) is 58.3 Å². The molecule has 0 saturated carbocycles. The standard InChI is InChI=1S/C12H23/c1-3-5-7-9-11-12-10-8-6-4-2/h3,5H,1,4,6-12H2,2H3/b5-3-. The molecule has 0 aliphatic carbocycles. The first-order valence-electron chi connectivity index (χ1n) is 5.36. The summed E-state index contributed by atoms with van der Waals surface area (Å²) in [4.78, 5) is 0. The topological polar surface area (TPSA) is 0 Å². The quantitative estimate of drug-likeness (QED) is 0.466. The molecule has 0 rings (SSSR count). The average molecular weight is 167 g/mol. The van der Waals surface area contributed by atoms with Gasteiger partial charge in [-0.1, -0.05) is 57.6 Å². The minimum Gasteiger partial charge on any atom is -0.0885 e. The molecule has 0 amide bonds. The van der Waals surface area contributed by atoms with E-state index in [2.05, 4.69) is 19.9 Å². The third-order valence-corrected chi connectivity index (χ3v) is 2.14. The Labute approximate surface area is 78.1 Å². The van der Waals surface area contributed by atoms with Crippen LogP contribution in [0.2, 0.25) is 0 Å². The second-order valence-electron chi connectivity index (χ2n) is 3.38. The Morgan fingerprint density at radius 2 is 1.50 bits per heavy atom. The van der Waals surface area contributed by atoms with E-state index in [1.165, 1.54) is 51.4 Å². The second-order valence-corrected chi connectivity index (χ2v) is 3.38. The van der Waals surface area contributed by atoms with E-state index < -0.39 is 0 Å². The number of hydrogen-bond donors (Lipinski definition) is 0. The van der Waals surface area contributed by atoms with Crippen LogP contribution in [0, 0.1) is 6.92 Å². The van der Waals surface area contributed by atoms with Crippen molar-refractivity contribution in [2.45, 2.75) is 58.3 Å². The van der Waals surface area contributed by atoms with Crippen molar-refractivity contribution in [1.82, 2.24) is 0 Å². The largest absolute Gasteiger partial charge is 0.0885 e. The number of unbranched alkanes of at least 4 members (excludes halogenated alkanes) is 7. The van der Waals surface area contributed by atoms with Crippen LogP contribution in [0.4, 0.5) is 0 Å².